The standard InChI is InChI=1S/C14H19N3O/c1-10(2)14-15-12-7-5-6-8-13(12)17(14)9-16(4)11(3)18/h5-8,10H,9H2,1-4H3. The van der Waals surface area contributed by atoms with E-state index in [2.05, 4.69) is 23.4 Å². The molecular weight excluding hydrogens is 226 g/mol. The summed E-state index contributed by atoms with van der Waals surface area (Å²) >= 11 is 0. The Hall–Kier alpha value is -1.84. The van der Waals surface area contributed by atoms with Crippen molar-refractivity contribution in [1.82, 2.24) is 14.5 Å². The first-order valence-corrected chi connectivity index (χ1v) is 6.17. The molecule has 0 N–H and O–H groups in total. The molecule has 0 bridgehead atoms. The maximum Gasteiger partial charge on any atom is 0.220 e. The van der Waals surface area contributed by atoms with Crippen molar-refractivity contribution < 1.29 is 4.79 Å². The molecule has 0 spiro atoms. The van der Waals surface area contributed by atoms with Crippen LogP contribution in [0.4, 0.5) is 0 Å². The second-order valence-electron chi connectivity index (χ2n) is 4.90. The normalized spacial score (nSPS) is 11.2. The number of hydrogen-bond acceptors (Lipinski definition) is 2. The lowest BCUT2D eigenvalue weighted by Crippen LogP contribution is -2.27. The number of rotatable bonds is 3. The highest BCUT2D eigenvalue weighted by molar-refractivity contribution is 5.76. The fourth-order valence-electron chi connectivity index (χ4n) is 2.00. The summed E-state index contributed by atoms with van der Waals surface area (Å²) in [6.45, 7) is 6.36. The van der Waals surface area contributed by atoms with Crippen molar-refractivity contribution in [2.75, 3.05) is 7.05 Å². The minimum atomic E-state index is 0.0579. The van der Waals surface area contributed by atoms with Crippen LogP contribution in [0.25, 0.3) is 11.0 Å². The van der Waals surface area contributed by atoms with Crippen LogP contribution in [0.1, 0.15) is 32.5 Å². The third-order valence-corrected chi connectivity index (χ3v) is 3.09. The second-order valence-corrected chi connectivity index (χ2v) is 4.90. The van der Waals surface area contributed by atoms with Crippen molar-refractivity contribution in [3.63, 3.8) is 0 Å². The van der Waals surface area contributed by atoms with E-state index >= 15 is 0 Å². The lowest BCUT2D eigenvalue weighted by atomic mass is 10.2. The molecule has 1 aromatic carbocycles. The van der Waals surface area contributed by atoms with Crippen LogP contribution in [0.5, 0.6) is 0 Å². The molecular formula is C14H19N3O. The van der Waals surface area contributed by atoms with Gasteiger partial charge in [0.15, 0.2) is 0 Å². The van der Waals surface area contributed by atoms with Gasteiger partial charge < -0.3 is 9.47 Å². The van der Waals surface area contributed by atoms with Gasteiger partial charge in [0, 0.05) is 19.9 Å². The van der Waals surface area contributed by atoms with E-state index < -0.39 is 0 Å². The molecule has 4 nitrogen and oxygen atoms in total. The predicted molar refractivity (Wildman–Crippen MR) is 72.3 cm³/mol. The zero-order valence-electron chi connectivity index (χ0n) is 11.3. The van der Waals surface area contributed by atoms with Gasteiger partial charge >= 0.3 is 0 Å². The molecule has 18 heavy (non-hydrogen) atoms. The number of nitrogens with zero attached hydrogens (tertiary/aromatic N) is 3. The molecule has 0 aliphatic rings. The molecule has 1 heterocycles. The molecule has 0 radical (unpaired) electrons. The Kier molecular flexibility index (Phi) is 3.36. The Morgan fingerprint density at radius 1 is 1.39 bits per heavy atom. The third-order valence-electron chi connectivity index (χ3n) is 3.09. The van der Waals surface area contributed by atoms with Crippen molar-refractivity contribution in [1.29, 1.82) is 0 Å². The average molecular weight is 245 g/mol. The Balaban J connectivity index is 2.51. The number of amides is 1. The number of para-hydroxylation sites is 2. The van der Waals surface area contributed by atoms with Crippen LogP contribution in [0.3, 0.4) is 0 Å². The van der Waals surface area contributed by atoms with Gasteiger partial charge in [0.25, 0.3) is 0 Å². The van der Waals surface area contributed by atoms with Crippen LogP contribution in [-0.4, -0.2) is 27.4 Å². The van der Waals surface area contributed by atoms with Gasteiger partial charge in [-0.3, -0.25) is 4.79 Å². The molecule has 0 atom stereocenters. The quantitative estimate of drug-likeness (QED) is 0.833. The van der Waals surface area contributed by atoms with Crippen LogP contribution < -0.4 is 0 Å². The summed E-state index contributed by atoms with van der Waals surface area (Å²) in [6.07, 6.45) is 0. The van der Waals surface area contributed by atoms with E-state index in [-0.39, 0.29) is 5.91 Å². The van der Waals surface area contributed by atoms with E-state index in [0.29, 0.717) is 12.6 Å². The molecule has 1 amide bonds. The Morgan fingerprint density at radius 2 is 2.06 bits per heavy atom. The SMILES string of the molecule is CC(=O)N(C)Cn1c(C(C)C)nc2ccccc21. The van der Waals surface area contributed by atoms with Crippen molar-refractivity contribution in [2.45, 2.75) is 33.4 Å². The van der Waals surface area contributed by atoms with Gasteiger partial charge in [0.1, 0.15) is 5.82 Å². The molecule has 0 fully saturated rings. The molecule has 4 heteroatoms. The first-order valence-electron chi connectivity index (χ1n) is 6.17. The van der Waals surface area contributed by atoms with Crippen LogP contribution in [0.15, 0.2) is 24.3 Å². The summed E-state index contributed by atoms with van der Waals surface area (Å²) in [7, 11) is 1.81. The van der Waals surface area contributed by atoms with Gasteiger partial charge in [-0.15, -0.1) is 0 Å². The van der Waals surface area contributed by atoms with Crippen molar-refractivity contribution >= 4 is 16.9 Å². The molecule has 96 valence electrons. The van der Waals surface area contributed by atoms with Crippen LogP contribution in [0.2, 0.25) is 0 Å². The molecule has 0 unspecified atom stereocenters. The minimum Gasteiger partial charge on any atom is -0.328 e. The van der Waals surface area contributed by atoms with Crippen molar-refractivity contribution in [2.24, 2.45) is 0 Å². The average Bonchev–Trinajstić information content (AvgIpc) is 2.68. The highest BCUT2D eigenvalue weighted by atomic mass is 16.2. The number of fused-ring (bicyclic) bond motifs is 1. The Labute approximate surface area is 107 Å². The number of carbonyl (C=O) groups is 1. The van der Waals surface area contributed by atoms with E-state index in [0.717, 1.165) is 16.9 Å². The van der Waals surface area contributed by atoms with Gasteiger partial charge in [-0.2, -0.15) is 0 Å². The van der Waals surface area contributed by atoms with Gasteiger partial charge in [-0.25, -0.2) is 4.98 Å². The van der Waals surface area contributed by atoms with Gasteiger partial charge in [0.2, 0.25) is 5.91 Å². The third kappa shape index (κ3) is 2.23. The molecule has 0 aliphatic carbocycles. The van der Waals surface area contributed by atoms with E-state index in [1.165, 1.54) is 0 Å². The van der Waals surface area contributed by atoms with Crippen molar-refractivity contribution in [3.05, 3.63) is 30.1 Å². The summed E-state index contributed by atoms with van der Waals surface area (Å²) in [6, 6.07) is 8.03. The fourth-order valence-corrected chi connectivity index (χ4v) is 2.00. The second kappa shape index (κ2) is 4.80. The molecule has 0 saturated heterocycles. The molecule has 1 aromatic heterocycles. The van der Waals surface area contributed by atoms with E-state index in [9.17, 15) is 4.79 Å². The maximum atomic E-state index is 11.4. The summed E-state index contributed by atoms with van der Waals surface area (Å²) in [5.41, 5.74) is 2.06. The maximum absolute atomic E-state index is 11.4. The minimum absolute atomic E-state index is 0.0579. The van der Waals surface area contributed by atoms with Gasteiger partial charge in [-0.05, 0) is 12.1 Å². The summed E-state index contributed by atoms with van der Waals surface area (Å²) < 4.78 is 2.11. The number of aromatic nitrogens is 2. The lowest BCUT2D eigenvalue weighted by Gasteiger charge is -2.19. The van der Waals surface area contributed by atoms with Gasteiger partial charge in [-0.1, -0.05) is 26.0 Å². The molecule has 0 saturated carbocycles. The summed E-state index contributed by atoms with van der Waals surface area (Å²) in [4.78, 5) is 17.7. The molecule has 0 aliphatic heterocycles. The van der Waals surface area contributed by atoms with Crippen LogP contribution in [-0.2, 0) is 11.5 Å². The highest BCUT2D eigenvalue weighted by Gasteiger charge is 2.15. The van der Waals surface area contributed by atoms with Crippen LogP contribution >= 0.6 is 0 Å². The van der Waals surface area contributed by atoms with Crippen LogP contribution in [0, 0.1) is 0 Å². The van der Waals surface area contributed by atoms with E-state index in [1.807, 2.05) is 24.3 Å². The number of benzene rings is 1. The fraction of sp³-hybridized carbons (Fsp3) is 0.429. The van der Waals surface area contributed by atoms with E-state index in [4.69, 9.17) is 0 Å². The topological polar surface area (TPSA) is 38.1 Å². The number of carbonyl (C=O) groups excluding carboxylic acids is 1. The number of hydrogen-bond donors (Lipinski definition) is 0. The highest BCUT2D eigenvalue weighted by Crippen LogP contribution is 2.21. The lowest BCUT2D eigenvalue weighted by molar-refractivity contribution is -0.129. The number of imidazole rings is 1. The summed E-state index contributed by atoms with van der Waals surface area (Å²) in [5.74, 6) is 1.41. The first kappa shape index (κ1) is 12.6. The Morgan fingerprint density at radius 3 is 2.67 bits per heavy atom. The van der Waals surface area contributed by atoms with E-state index in [1.54, 1.807) is 18.9 Å². The smallest absolute Gasteiger partial charge is 0.220 e. The van der Waals surface area contributed by atoms with Gasteiger partial charge in [0.05, 0.1) is 17.7 Å². The first-order chi connectivity index (χ1) is 8.50. The predicted octanol–water partition coefficient (Wildman–Crippen LogP) is 2.60. The molecule has 2 aromatic rings. The van der Waals surface area contributed by atoms with Crippen molar-refractivity contribution in [3.8, 4) is 0 Å². The zero-order valence-corrected chi connectivity index (χ0v) is 11.3. The Bertz CT molecular complexity index is 571. The zero-order chi connectivity index (χ0) is 13.3. The summed E-state index contributed by atoms with van der Waals surface area (Å²) in [5, 5.41) is 0. The molecule has 2 rings (SSSR count). The monoisotopic (exact) mass is 245 g/mol. The largest absolute Gasteiger partial charge is 0.328 e.